The Morgan fingerprint density at radius 2 is 2.21 bits per heavy atom. The van der Waals surface area contributed by atoms with Crippen molar-refractivity contribution < 1.29 is 14.6 Å². The van der Waals surface area contributed by atoms with Crippen LogP contribution < -0.4 is 10.3 Å². The summed E-state index contributed by atoms with van der Waals surface area (Å²) in [6, 6.07) is 1.72. The molecule has 0 aromatic carbocycles. The number of pyridine rings is 1. The highest BCUT2D eigenvalue weighted by Gasteiger charge is 2.22. The Balaban J connectivity index is 2.48. The second-order valence-electron chi connectivity index (χ2n) is 5.03. The van der Waals surface area contributed by atoms with E-state index in [1.165, 1.54) is 4.57 Å². The van der Waals surface area contributed by atoms with Gasteiger partial charge in [0.25, 0.3) is 5.56 Å². The van der Waals surface area contributed by atoms with Crippen LogP contribution in [0.5, 0.6) is 5.75 Å². The highest BCUT2D eigenvalue weighted by atomic mass is 16.5. The molecular formula is C14H17NO4. The predicted molar refractivity (Wildman–Crippen MR) is 71.4 cm³/mol. The van der Waals surface area contributed by atoms with Crippen molar-refractivity contribution in [2.75, 3.05) is 0 Å². The second kappa shape index (κ2) is 4.91. The van der Waals surface area contributed by atoms with Gasteiger partial charge in [-0.3, -0.25) is 9.59 Å². The summed E-state index contributed by atoms with van der Waals surface area (Å²) in [5.74, 6) is -0.192. The van der Waals surface area contributed by atoms with Crippen LogP contribution in [-0.4, -0.2) is 21.7 Å². The molecule has 5 heteroatoms. The fraction of sp³-hybridized carbons (Fsp3) is 0.429. The number of carboxylic acid groups (broad SMARTS) is 1. The van der Waals surface area contributed by atoms with Crippen LogP contribution >= 0.6 is 0 Å². The molecule has 0 spiro atoms. The van der Waals surface area contributed by atoms with Crippen molar-refractivity contribution in [3.05, 3.63) is 33.8 Å². The Labute approximate surface area is 111 Å². The summed E-state index contributed by atoms with van der Waals surface area (Å²) in [4.78, 5) is 23.0. The molecule has 1 aliphatic heterocycles. The Morgan fingerprint density at radius 3 is 2.79 bits per heavy atom. The predicted octanol–water partition coefficient (Wildman–Crippen LogP) is 1.67. The smallest absolute Gasteiger partial charge is 0.323 e. The first-order valence-electron chi connectivity index (χ1n) is 6.21. The molecule has 1 aromatic heterocycles. The molecular weight excluding hydrogens is 246 g/mol. The van der Waals surface area contributed by atoms with Crippen LogP contribution in [0.15, 0.2) is 16.9 Å². The maximum atomic E-state index is 12.2. The highest BCUT2D eigenvalue weighted by molar-refractivity contribution is 5.67. The molecule has 0 aliphatic carbocycles. The summed E-state index contributed by atoms with van der Waals surface area (Å²) in [6.07, 6.45) is 3.51. The van der Waals surface area contributed by atoms with Gasteiger partial charge in [-0.05, 0) is 25.0 Å². The van der Waals surface area contributed by atoms with Gasteiger partial charge in [-0.15, -0.1) is 0 Å². The average Bonchev–Trinajstić information content (AvgIpc) is 2.33. The van der Waals surface area contributed by atoms with Gasteiger partial charge in [-0.2, -0.15) is 0 Å². The molecule has 0 bridgehead atoms. The fourth-order valence-corrected chi connectivity index (χ4v) is 2.07. The van der Waals surface area contributed by atoms with E-state index in [1.807, 2.05) is 19.9 Å². The minimum Gasteiger partial charge on any atom is -0.485 e. The molecule has 0 radical (unpaired) electrons. The Kier molecular flexibility index (Phi) is 3.46. The second-order valence-corrected chi connectivity index (χ2v) is 5.03. The van der Waals surface area contributed by atoms with Gasteiger partial charge in [-0.25, -0.2) is 0 Å². The van der Waals surface area contributed by atoms with Gasteiger partial charge < -0.3 is 14.4 Å². The summed E-state index contributed by atoms with van der Waals surface area (Å²) in [5.41, 5.74) is 0.684. The number of ether oxygens (including phenoxy) is 1. The minimum atomic E-state index is -1.04. The Morgan fingerprint density at radius 1 is 1.53 bits per heavy atom. The fourth-order valence-electron chi connectivity index (χ4n) is 2.07. The molecule has 1 aliphatic rings. The number of rotatable bonds is 3. The van der Waals surface area contributed by atoms with E-state index in [1.54, 1.807) is 19.1 Å². The van der Waals surface area contributed by atoms with E-state index < -0.39 is 5.97 Å². The van der Waals surface area contributed by atoms with E-state index in [0.29, 0.717) is 22.9 Å². The van der Waals surface area contributed by atoms with Crippen molar-refractivity contribution in [1.82, 2.24) is 4.57 Å². The zero-order valence-electron chi connectivity index (χ0n) is 11.2. The molecule has 5 nitrogen and oxygen atoms in total. The van der Waals surface area contributed by atoms with Crippen LogP contribution in [0.2, 0.25) is 0 Å². The molecule has 2 rings (SSSR count). The van der Waals surface area contributed by atoms with Crippen molar-refractivity contribution >= 4 is 12.0 Å². The van der Waals surface area contributed by atoms with Gasteiger partial charge in [0.2, 0.25) is 0 Å². The third-order valence-corrected chi connectivity index (χ3v) is 3.17. The summed E-state index contributed by atoms with van der Waals surface area (Å²) in [6.45, 7) is 5.45. The van der Waals surface area contributed by atoms with Crippen LogP contribution in [0.4, 0.5) is 0 Å². The molecule has 0 saturated heterocycles. The van der Waals surface area contributed by atoms with Gasteiger partial charge in [0.1, 0.15) is 18.4 Å². The van der Waals surface area contributed by atoms with Gasteiger partial charge >= 0.3 is 5.97 Å². The zero-order chi connectivity index (χ0) is 14.2. The summed E-state index contributed by atoms with van der Waals surface area (Å²) >= 11 is 0. The molecule has 2 heterocycles. The molecule has 0 unspecified atom stereocenters. The number of aromatic nitrogens is 1. The number of carbonyl (C=O) groups is 1. The van der Waals surface area contributed by atoms with E-state index in [4.69, 9.17) is 9.84 Å². The van der Waals surface area contributed by atoms with Gasteiger partial charge in [0, 0.05) is 11.8 Å². The molecule has 1 aromatic rings. The topological polar surface area (TPSA) is 68.5 Å². The van der Waals surface area contributed by atoms with Crippen LogP contribution in [0, 0.1) is 12.8 Å². The molecule has 0 saturated carbocycles. The van der Waals surface area contributed by atoms with E-state index in [9.17, 15) is 9.59 Å². The van der Waals surface area contributed by atoms with E-state index in [0.717, 1.165) is 0 Å². The molecule has 19 heavy (non-hydrogen) atoms. The normalized spacial score (nSPS) is 17.2. The molecule has 0 amide bonds. The molecule has 102 valence electrons. The number of carboxylic acids is 1. The van der Waals surface area contributed by atoms with E-state index in [-0.39, 0.29) is 18.2 Å². The quantitative estimate of drug-likeness (QED) is 0.900. The van der Waals surface area contributed by atoms with Crippen LogP contribution in [-0.2, 0) is 11.3 Å². The van der Waals surface area contributed by atoms with Crippen LogP contribution in [0.1, 0.15) is 25.1 Å². The minimum absolute atomic E-state index is 0.0541. The van der Waals surface area contributed by atoms with Crippen molar-refractivity contribution in [2.24, 2.45) is 5.92 Å². The SMILES string of the molecule is Cc1cc2c(c(=O)n1CC(=O)O)C=C[C@@H](C(C)C)O2. The lowest BCUT2D eigenvalue weighted by atomic mass is 10.0. The van der Waals surface area contributed by atoms with Crippen molar-refractivity contribution in [3.8, 4) is 5.75 Å². The molecule has 1 atom stereocenters. The maximum absolute atomic E-state index is 12.2. The van der Waals surface area contributed by atoms with Gasteiger partial charge in [0.05, 0.1) is 5.56 Å². The molecule has 1 N–H and O–H groups in total. The maximum Gasteiger partial charge on any atom is 0.323 e. The van der Waals surface area contributed by atoms with Crippen LogP contribution in [0.25, 0.3) is 6.08 Å². The molecule has 0 fully saturated rings. The van der Waals surface area contributed by atoms with Gasteiger partial charge in [-0.1, -0.05) is 13.8 Å². The number of hydrogen-bond donors (Lipinski definition) is 1. The third kappa shape index (κ3) is 2.54. The number of nitrogens with zero attached hydrogens (tertiary/aromatic N) is 1. The Bertz CT molecular complexity index is 598. The summed E-state index contributed by atoms with van der Waals surface area (Å²) in [7, 11) is 0. The zero-order valence-corrected chi connectivity index (χ0v) is 11.2. The van der Waals surface area contributed by atoms with Crippen molar-refractivity contribution in [1.29, 1.82) is 0 Å². The monoisotopic (exact) mass is 263 g/mol. The lowest BCUT2D eigenvalue weighted by Crippen LogP contribution is -2.31. The first kappa shape index (κ1) is 13.4. The third-order valence-electron chi connectivity index (χ3n) is 3.17. The lowest BCUT2D eigenvalue weighted by Gasteiger charge is -2.25. The Hall–Kier alpha value is -2.04. The number of aryl methyl sites for hydroxylation is 1. The standard InChI is InChI=1S/C14H17NO4/c1-8(2)11-5-4-10-12(19-11)6-9(3)15(14(10)18)7-13(16)17/h4-6,8,11H,7H2,1-3H3,(H,16,17)/t11-/m0/s1. The van der Waals surface area contributed by atoms with Crippen LogP contribution in [0.3, 0.4) is 0 Å². The van der Waals surface area contributed by atoms with E-state index >= 15 is 0 Å². The largest absolute Gasteiger partial charge is 0.485 e. The average molecular weight is 263 g/mol. The summed E-state index contributed by atoms with van der Waals surface area (Å²) < 4.78 is 7.01. The van der Waals surface area contributed by atoms with Crippen molar-refractivity contribution in [3.63, 3.8) is 0 Å². The first-order chi connectivity index (χ1) is 8.90. The number of aliphatic carboxylic acids is 1. The first-order valence-corrected chi connectivity index (χ1v) is 6.21. The van der Waals surface area contributed by atoms with Gasteiger partial charge in [0.15, 0.2) is 0 Å². The number of fused-ring (bicyclic) bond motifs is 1. The number of hydrogen-bond acceptors (Lipinski definition) is 3. The van der Waals surface area contributed by atoms with Crippen molar-refractivity contribution in [2.45, 2.75) is 33.4 Å². The lowest BCUT2D eigenvalue weighted by molar-refractivity contribution is -0.137. The van der Waals surface area contributed by atoms with E-state index in [2.05, 4.69) is 0 Å². The highest BCUT2D eigenvalue weighted by Crippen LogP contribution is 2.26. The summed E-state index contributed by atoms with van der Waals surface area (Å²) in [5, 5.41) is 8.83.